The molecule has 2 heterocycles. The topological polar surface area (TPSA) is 66.9 Å². The van der Waals surface area contributed by atoms with Gasteiger partial charge in [-0.2, -0.15) is 0 Å². The fourth-order valence-corrected chi connectivity index (χ4v) is 4.18. The SMILES string of the molecule is O=C(NCc1nc2ccccc2s1)NCc1nc2ccccc2s1. The highest BCUT2D eigenvalue weighted by Gasteiger charge is 2.07. The smallest absolute Gasteiger partial charge is 0.315 e. The summed E-state index contributed by atoms with van der Waals surface area (Å²) < 4.78 is 2.26. The van der Waals surface area contributed by atoms with Gasteiger partial charge in [-0.25, -0.2) is 14.8 Å². The maximum Gasteiger partial charge on any atom is 0.315 e. The Labute approximate surface area is 146 Å². The number of fused-ring (bicyclic) bond motifs is 2. The number of urea groups is 1. The molecule has 0 radical (unpaired) electrons. The van der Waals surface area contributed by atoms with Crippen molar-refractivity contribution in [2.75, 3.05) is 0 Å². The van der Waals surface area contributed by atoms with E-state index in [1.165, 1.54) is 0 Å². The number of benzene rings is 2. The number of hydrogen-bond donors (Lipinski definition) is 2. The first-order valence-corrected chi connectivity index (χ1v) is 9.12. The number of amides is 2. The lowest BCUT2D eigenvalue weighted by Gasteiger charge is -2.04. The molecular formula is C17H14N4OS2. The molecule has 0 aliphatic rings. The van der Waals surface area contributed by atoms with Gasteiger partial charge in [0.1, 0.15) is 10.0 Å². The molecule has 2 N–H and O–H groups in total. The van der Waals surface area contributed by atoms with Crippen molar-refractivity contribution < 1.29 is 4.79 Å². The molecule has 2 aromatic heterocycles. The first-order chi connectivity index (χ1) is 11.8. The molecule has 5 nitrogen and oxygen atoms in total. The van der Waals surface area contributed by atoms with Crippen LogP contribution in [0.15, 0.2) is 48.5 Å². The van der Waals surface area contributed by atoms with Crippen LogP contribution in [0.4, 0.5) is 4.79 Å². The zero-order valence-electron chi connectivity index (χ0n) is 12.7. The summed E-state index contributed by atoms with van der Waals surface area (Å²) >= 11 is 3.19. The number of nitrogens with one attached hydrogen (secondary N) is 2. The van der Waals surface area contributed by atoms with Crippen molar-refractivity contribution in [3.05, 3.63) is 58.5 Å². The van der Waals surface area contributed by atoms with Crippen LogP contribution < -0.4 is 10.6 Å². The highest BCUT2D eigenvalue weighted by molar-refractivity contribution is 7.18. The molecule has 2 aromatic carbocycles. The summed E-state index contributed by atoms with van der Waals surface area (Å²) in [5, 5.41) is 7.47. The van der Waals surface area contributed by atoms with E-state index < -0.39 is 0 Å². The van der Waals surface area contributed by atoms with Gasteiger partial charge in [0, 0.05) is 0 Å². The Hall–Kier alpha value is -2.51. The van der Waals surface area contributed by atoms with Crippen LogP contribution in [0, 0.1) is 0 Å². The van der Waals surface area contributed by atoms with Crippen LogP contribution in [0.1, 0.15) is 10.0 Å². The number of carbonyl (C=O) groups excluding carboxylic acids is 1. The van der Waals surface area contributed by atoms with Crippen molar-refractivity contribution in [1.29, 1.82) is 0 Å². The molecule has 24 heavy (non-hydrogen) atoms. The number of carbonyl (C=O) groups is 1. The van der Waals surface area contributed by atoms with E-state index in [1.54, 1.807) is 22.7 Å². The van der Waals surface area contributed by atoms with Gasteiger partial charge in [-0.1, -0.05) is 24.3 Å². The lowest BCUT2D eigenvalue weighted by atomic mass is 10.3. The number of nitrogens with zero attached hydrogens (tertiary/aromatic N) is 2. The van der Waals surface area contributed by atoms with Gasteiger partial charge in [0.2, 0.25) is 0 Å². The zero-order valence-corrected chi connectivity index (χ0v) is 14.3. The maximum atomic E-state index is 12.0. The van der Waals surface area contributed by atoms with Crippen LogP contribution in [0.25, 0.3) is 20.4 Å². The predicted molar refractivity (Wildman–Crippen MR) is 98.3 cm³/mol. The number of thiazole rings is 2. The molecule has 4 aromatic rings. The summed E-state index contributed by atoms with van der Waals surface area (Å²) in [6.45, 7) is 0.843. The summed E-state index contributed by atoms with van der Waals surface area (Å²) in [4.78, 5) is 20.9. The maximum absolute atomic E-state index is 12.0. The molecular weight excluding hydrogens is 340 g/mol. The van der Waals surface area contributed by atoms with E-state index in [9.17, 15) is 4.79 Å². The van der Waals surface area contributed by atoms with Crippen molar-refractivity contribution in [3.63, 3.8) is 0 Å². The van der Waals surface area contributed by atoms with E-state index >= 15 is 0 Å². The second kappa shape index (κ2) is 6.54. The Morgan fingerprint density at radius 2 is 1.25 bits per heavy atom. The number of aromatic nitrogens is 2. The Kier molecular flexibility index (Phi) is 4.10. The predicted octanol–water partition coefficient (Wildman–Crippen LogP) is 3.91. The van der Waals surface area contributed by atoms with E-state index in [1.807, 2.05) is 48.5 Å². The van der Waals surface area contributed by atoms with Crippen LogP contribution >= 0.6 is 22.7 Å². The van der Waals surface area contributed by atoms with Gasteiger partial charge in [-0.15, -0.1) is 22.7 Å². The van der Waals surface area contributed by atoms with Crippen molar-refractivity contribution in [2.45, 2.75) is 13.1 Å². The second-order valence-corrected chi connectivity index (χ2v) is 7.42. The van der Waals surface area contributed by atoms with Crippen LogP contribution in [0.5, 0.6) is 0 Å². The molecule has 0 saturated heterocycles. The fraction of sp³-hybridized carbons (Fsp3) is 0.118. The summed E-state index contributed by atoms with van der Waals surface area (Å²) in [5.41, 5.74) is 1.93. The van der Waals surface area contributed by atoms with Crippen molar-refractivity contribution in [2.24, 2.45) is 0 Å². The fourth-order valence-electron chi connectivity index (χ4n) is 2.37. The highest BCUT2D eigenvalue weighted by atomic mass is 32.1. The van der Waals surface area contributed by atoms with Crippen LogP contribution in [-0.4, -0.2) is 16.0 Å². The molecule has 0 spiro atoms. The summed E-state index contributed by atoms with van der Waals surface area (Å²) in [5.74, 6) is 0. The first kappa shape index (κ1) is 15.0. The molecule has 0 atom stereocenters. The molecule has 0 bridgehead atoms. The third-order valence-electron chi connectivity index (χ3n) is 3.48. The lowest BCUT2D eigenvalue weighted by Crippen LogP contribution is -2.34. The van der Waals surface area contributed by atoms with E-state index in [-0.39, 0.29) is 6.03 Å². The van der Waals surface area contributed by atoms with Crippen molar-refractivity contribution in [3.8, 4) is 0 Å². The first-order valence-electron chi connectivity index (χ1n) is 7.48. The summed E-state index contributed by atoms with van der Waals surface area (Å²) in [7, 11) is 0. The standard InChI is InChI=1S/C17H14N4OS2/c22-17(18-9-15-20-11-5-1-3-7-13(11)23-15)19-10-16-21-12-6-2-4-8-14(12)24-16/h1-8H,9-10H2,(H2,18,19,22). The van der Waals surface area contributed by atoms with Crippen LogP contribution in [-0.2, 0) is 13.1 Å². The number of para-hydroxylation sites is 2. The van der Waals surface area contributed by atoms with Gasteiger partial charge < -0.3 is 10.6 Å². The second-order valence-electron chi connectivity index (χ2n) is 5.19. The third kappa shape index (κ3) is 3.22. The van der Waals surface area contributed by atoms with Crippen LogP contribution in [0.2, 0.25) is 0 Å². The zero-order chi connectivity index (χ0) is 16.4. The van der Waals surface area contributed by atoms with Gasteiger partial charge >= 0.3 is 6.03 Å². The molecule has 0 aliphatic heterocycles. The molecule has 120 valence electrons. The Bertz CT molecular complexity index is 862. The Balaban J connectivity index is 1.33. The molecule has 0 fully saturated rings. The van der Waals surface area contributed by atoms with E-state index in [4.69, 9.17) is 0 Å². The molecule has 0 aliphatic carbocycles. The third-order valence-corrected chi connectivity index (χ3v) is 5.55. The van der Waals surface area contributed by atoms with E-state index in [2.05, 4.69) is 20.6 Å². The Morgan fingerprint density at radius 3 is 1.71 bits per heavy atom. The molecule has 0 unspecified atom stereocenters. The minimum absolute atomic E-state index is 0.214. The number of hydrogen-bond acceptors (Lipinski definition) is 5. The average molecular weight is 354 g/mol. The van der Waals surface area contributed by atoms with Gasteiger partial charge in [0.05, 0.1) is 33.5 Å². The van der Waals surface area contributed by atoms with Gasteiger partial charge in [-0.3, -0.25) is 0 Å². The lowest BCUT2D eigenvalue weighted by molar-refractivity contribution is 0.240. The minimum Gasteiger partial charge on any atom is -0.332 e. The van der Waals surface area contributed by atoms with Crippen molar-refractivity contribution in [1.82, 2.24) is 20.6 Å². The van der Waals surface area contributed by atoms with E-state index in [0.717, 1.165) is 30.4 Å². The van der Waals surface area contributed by atoms with Gasteiger partial charge in [0.15, 0.2) is 0 Å². The normalized spacial score (nSPS) is 11.0. The number of rotatable bonds is 4. The molecule has 7 heteroatoms. The quantitative estimate of drug-likeness (QED) is 0.584. The van der Waals surface area contributed by atoms with Gasteiger partial charge in [-0.05, 0) is 24.3 Å². The molecule has 0 saturated carbocycles. The average Bonchev–Trinajstić information content (AvgIpc) is 3.21. The largest absolute Gasteiger partial charge is 0.332 e. The van der Waals surface area contributed by atoms with Crippen molar-refractivity contribution >= 4 is 49.1 Å². The summed E-state index contributed by atoms with van der Waals surface area (Å²) in [6.07, 6.45) is 0. The Morgan fingerprint density at radius 1 is 0.792 bits per heavy atom. The summed E-state index contributed by atoms with van der Waals surface area (Å²) in [6, 6.07) is 15.7. The van der Waals surface area contributed by atoms with Gasteiger partial charge in [0.25, 0.3) is 0 Å². The van der Waals surface area contributed by atoms with E-state index in [0.29, 0.717) is 13.1 Å². The van der Waals surface area contributed by atoms with Crippen LogP contribution in [0.3, 0.4) is 0 Å². The monoisotopic (exact) mass is 354 g/mol. The molecule has 4 rings (SSSR count). The minimum atomic E-state index is -0.214. The highest BCUT2D eigenvalue weighted by Crippen LogP contribution is 2.22. The molecule has 2 amide bonds.